The monoisotopic (exact) mass is 387 g/mol. The summed E-state index contributed by atoms with van der Waals surface area (Å²) in [6.45, 7) is 2.57. The molecular weight excluding hydrogens is 361 g/mol. The van der Waals surface area contributed by atoms with Crippen LogP contribution in [0.3, 0.4) is 0 Å². The molecule has 1 N–H and O–H groups in total. The summed E-state index contributed by atoms with van der Waals surface area (Å²) < 4.78 is 24.3. The standard InChI is InChI=1S/C22H26FNO4/c1-27-21-9-6-18(23)13-20(21)22(26)17-3-2-10-24(15-17)14-16-4-7-19(8-5-16)28-12-11-25/h4-9,13,17,25H,2-3,10-12,14-15H2,1H3/t17-/m1/s1. The third-order valence-corrected chi connectivity index (χ3v) is 4.99. The number of aliphatic hydroxyl groups excluding tert-OH is 1. The van der Waals surface area contributed by atoms with Crippen molar-refractivity contribution in [2.24, 2.45) is 5.92 Å². The van der Waals surface area contributed by atoms with E-state index in [1.807, 2.05) is 24.3 Å². The molecule has 6 heteroatoms. The first kappa shape index (κ1) is 20.3. The van der Waals surface area contributed by atoms with Gasteiger partial charge in [0.1, 0.15) is 23.9 Å². The van der Waals surface area contributed by atoms with Crippen LogP contribution in [-0.4, -0.2) is 49.2 Å². The maximum Gasteiger partial charge on any atom is 0.171 e. The number of halogens is 1. The van der Waals surface area contributed by atoms with E-state index in [0.29, 0.717) is 17.9 Å². The van der Waals surface area contributed by atoms with E-state index in [9.17, 15) is 9.18 Å². The number of carbonyl (C=O) groups excluding carboxylic acids is 1. The molecule has 0 spiro atoms. The van der Waals surface area contributed by atoms with Crippen molar-refractivity contribution in [3.8, 4) is 11.5 Å². The van der Waals surface area contributed by atoms with Gasteiger partial charge >= 0.3 is 0 Å². The number of methoxy groups -OCH3 is 1. The fourth-order valence-corrected chi connectivity index (χ4v) is 3.62. The molecule has 2 aromatic carbocycles. The molecule has 1 saturated heterocycles. The van der Waals surface area contributed by atoms with E-state index in [2.05, 4.69) is 4.90 Å². The van der Waals surface area contributed by atoms with Crippen LogP contribution in [0.15, 0.2) is 42.5 Å². The number of hydrogen-bond donors (Lipinski definition) is 1. The smallest absolute Gasteiger partial charge is 0.171 e. The Kier molecular flexibility index (Phi) is 7.01. The number of nitrogens with zero attached hydrogens (tertiary/aromatic N) is 1. The van der Waals surface area contributed by atoms with Crippen LogP contribution in [0.5, 0.6) is 11.5 Å². The SMILES string of the molecule is COc1ccc(F)cc1C(=O)[C@@H]1CCCN(Cc2ccc(OCCO)cc2)C1. The second-order valence-corrected chi connectivity index (χ2v) is 7.00. The third kappa shape index (κ3) is 5.09. The van der Waals surface area contributed by atoms with Crippen LogP contribution in [0.4, 0.5) is 4.39 Å². The summed E-state index contributed by atoms with van der Waals surface area (Å²) in [6, 6.07) is 11.8. The van der Waals surface area contributed by atoms with Gasteiger partial charge in [-0.2, -0.15) is 0 Å². The number of carbonyl (C=O) groups is 1. The zero-order valence-corrected chi connectivity index (χ0v) is 16.1. The molecule has 0 bridgehead atoms. The van der Waals surface area contributed by atoms with Crippen molar-refractivity contribution in [3.05, 3.63) is 59.4 Å². The molecule has 0 unspecified atom stereocenters. The number of rotatable bonds is 8. The Bertz CT molecular complexity index is 794. The fourth-order valence-electron chi connectivity index (χ4n) is 3.62. The van der Waals surface area contributed by atoms with Crippen molar-refractivity contribution >= 4 is 5.78 Å². The minimum Gasteiger partial charge on any atom is -0.496 e. The van der Waals surface area contributed by atoms with Gasteiger partial charge in [-0.3, -0.25) is 9.69 Å². The number of piperidine rings is 1. The molecule has 150 valence electrons. The molecule has 0 radical (unpaired) electrons. The van der Waals surface area contributed by atoms with E-state index in [-0.39, 0.29) is 24.9 Å². The number of benzene rings is 2. The topological polar surface area (TPSA) is 59.0 Å². The lowest BCUT2D eigenvalue weighted by Gasteiger charge is -2.32. The van der Waals surface area contributed by atoms with Crippen LogP contribution in [0.25, 0.3) is 0 Å². The van der Waals surface area contributed by atoms with Crippen LogP contribution in [0.2, 0.25) is 0 Å². The molecule has 1 aliphatic heterocycles. The minimum absolute atomic E-state index is 0.0129. The number of Topliss-reactive ketones (excluding diaryl/α,β-unsaturated/α-hetero) is 1. The van der Waals surface area contributed by atoms with Gasteiger partial charge in [-0.05, 0) is 55.3 Å². The second kappa shape index (κ2) is 9.66. The average molecular weight is 387 g/mol. The Hall–Kier alpha value is -2.44. The Labute approximate surface area is 164 Å². The van der Waals surface area contributed by atoms with Gasteiger partial charge in [-0.1, -0.05) is 12.1 Å². The molecule has 0 aliphatic carbocycles. The zero-order valence-electron chi connectivity index (χ0n) is 16.1. The third-order valence-electron chi connectivity index (χ3n) is 4.99. The molecule has 0 amide bonds. The Morgan fingerprint density at radius 2 is 2.04 bits per heavy atom. The van der Waals surface area contributed by atoms with Crippen LogP contribution in [0, 0.1) is 11.7 Å². The lowest BCUT2D eigenvalue weighted by Crippen LogP contribution is -2.38. The summed E-state index contributed by atoms with van der Waals surface area (Å²) in [5, 5.41) is 8.81. The van der Waals surface area contributed by atoms with Gasteiger partial charge in [0.05, 0.1) is 19.3 Å². The summed E-state index contributed by atoms with van der Waals surface area (Å²) in [5.74, 6) is 0.482. The zero-order chi connectivity index (χ0) is 19.9. The lowest BCUT2D eigenvalue weighted by atomic mass is 9.89. The van der Waals surface area contributed by atoms with E-state index in [4.69, 9.17) is 14.6 Å². The van der Waals surface area contributed by atoms with Crippen LogP contribution in [0.1, 0.15) is 28.8 Å². The van der Waals surface area contributed by atoms with Gasteiger partial charge in [0.2, 0.25) is 0 Å². The highest BCUT2D eigenvalue weighted by atomic mass is 19.1. The Balaban J connectivity index is 1.64. The minimum atomic E-state index is -0.430. The first-order chi connectivity index (χ1) is 13.6. The number of likely N-dealkylation sites (tertiary alicyclic amines) is 1. The Morgan fingerprint density at radius 1 is 1.25 bits per heavy atom. The summed E-state index contributed by atoms with van der Waals surface area (Å²) in [6.07, 6.45) is 1.72. The molecule has 0 aromatic heterocycles. The van der Waals surface area contributed by atoms with Gasteiger partial charge in [0.25, 0.3) is 0 Å². The van der Waals surface area contributed by atoms with Gasteiger partial charge in [0, 0.05) is 19.0 Å². The van der Waals surface area contributed by atoms with Crippen LogP contribution >= 0.6 is 0 Å². The molecule has 28 heavy (non-hydrogen) atoms. The maximum atomic E-state index is 13.6. The molecule has 1 atom stereocenters. The first-order valence-corrected chi connectivity index (χ1v) is 9.53. The van der Waals surface area contributed by atoms with Gasteiger partial charge in [-0.25, -0.2) is 4.39 Å². The van der Waals surface area contributed by atoms with Gasteiger partial charge < -0.3 is 14.6 Å². The number of hydrogen-bond acceptors (Lipinski definition) is 5. The van der Waals surface area contributed by atoms with Crippen molar-refractivity contribution in [3.63, 3.8) is 0 Å². The van der Waals surface area contributed by atoms with E-state index in [1.165, 1.54) is 25.3 Å². The molecular formula is C22H26FNO4. The summed E-state index contributed by atoms with van der Waals surface area (Å²) in [7, 11) is 1.49. The largest absolute Gasteiger partial charge is 0.496 e. The van der Waals surface area contributed by atoms with Crippen molar-refractivity contribution in [2.75, 3.05) is 33.4 Å². The quantitative estimate of drug-likeness (QED) is 0.705. The first-order valence-electron chi connectivity index (χ1n) is 9.53. The molecule has 3 rings (SSSR count). The fraction of sp³-hybridized carbons (Fsp3) is 0.409. The molecule has 1 fully saturated rings. The molecule has 1 aliphatic rings. The number of ether oxygens (including phenoxy) is 2. The van der Waals surface area contributed by atoms with Crippen LogP contribution in [-0.2, 0) is 6.54 Å². The summed E-state index contributed by atoms with van der Waals surface area (Å²) in [5.41, 5.74) is 1.45. The highest BCUT2D eigenvalue weighted by Gasteiger charge is 2.28. The normalized spacial score (nSPS) is 17.3. The average Bonchev–Trinajstić information content (AvgIpc) is 2.73. The predicted octanol–water partition coefficient (Wildman–Crippen LogP) is 3.30. The maximum absolute atomic E-state index is 13.6. The summed E-state index contributed by atoms with van der Waals surface area (Å²) >= 11 is 0. The highest BCUT2D eigenvalue weighted by Crippen LogP contribution is 2.27. The molecule has 2 aromatic rings. The van der Waals surface area contributed by atoms with Crippen molar-refractivity contribution in [1.29, 1.82) is 0 Å². The van der Waals surface area contributed by atoms with E-state index in [1.54, 1.807) is 0 Å². The molecule has 0 saturated carbocycles. The summed E-state index contributed by atoms with van der Waals surface area (Å²) in [4.78, 5) is 15.2. The van der Waals surface area contributed by atoms with Crippen molar-refractivity contribution in [1.82, 2.24) is 4.90 Å². The van der Waals surface area contributed by atoms with E-state index < -0.39 is 5.82 Å². The van der Waals surface area contributed by atoms with Gasteiger partial charge in [-0.15, -0.1) is 0 Å². The Morgan fingerprint density at radius 3 is 2.75 bits per heavy atom. The lowest BCUT2D eigenvalue weighted by molar-refractivity contribution is 0.0808. The van der Waals surface area contributed by atoms with E-state index in [0.717, 1.165) is 37.2 Å². The number of aliphatic hydroxyl groups is 1. The van der Waals surface area contributed by atoms with Crippen molar-refractivity contribution in [2.45, 2.75) is 19.4 Å². The highest BCUT2D eigenvalue weighted by molar-refractivity contribution is 6.00. The van der Waals surface area contributed by atoms with Gasteiger partial charge in [0.15, 0.2) is 5.78 Å². The van der Waals surface area contributed by atoms with Crippen molar-refractivity contribution < 1.29 is 23.8 Å². The van der Waals surface area contributed by atoms with Crippen LogP contribution < -0.4 is 9.47 Å². The second-order valence-electron chi connectivity index (χ2n) is 7.00. The predicted molar refractivity (Wildman–Crippen MR) is 104 cm³/mol. The number of ketones is 1. The van der Waals surface area contributed by atoms with E-state index >= 15 is 0 Å². The molecule has 1 heterocycles. The molecule has 5 nitrogen and oxygen atoms in total.